The molecule has 3 amide bonds. The van der Waals surface area contributed by atoms with E-state index in [4.69, 9.17) is 5.73 Å². The molecule has 0 bridgehead atoms. The average Bonchev–Trinajstić information content (AvgIpc) is 3.31. The maximum Gasteiger partial charge on any atom is 0.312 e. The minimum absolute atomic E-state index is 0.0806. The van der Waals surface area contributed by atoms with Crippen molar-refractivity contribution in [2.75, 3.05) is 0 Å². The normalized spacial score (nSPS) is 12.9. The third kappa shape index (κ3) is 4.73. The summed E-state index contributed by atoms with van der Waals surface area (Å²) in [7, 11) is 1.88. The van der Waals surface area contributed by atoms with Crippen LogP contribution < -0.4 is 16.4 Å². The largest absolute Gasteiger partial charge is 0.352 e. The second-order valence-corrected chi connectivity index (χ2v) is 7.07. The maximum atomic E-state index is 12.8. The number of aromatic nitrogens is 2. The van der Waals surface area contributed by atoms with Crippen molar-refractivity contribution in [3.05, 3.63) is 76.5 Å². The van der Waals surface area contributed by atoms with Crippen molar-refractivity contribution in [2.45, 2.75) is 18.5 Å². The number of carbonyl (C=O) groups excluding carboxylic acids is 2. The number of urea groups is 1. The number of nitrogens with one attached hydrogen (secondary N) is 2. The number of rotatable bonds is 7. The van der Waals surface area contributed by atoms with Gasteiger partial charge in [-0.1, -0.05) is 36.4 Å². The van der Waals surface area contributed by atoms with Gasteiger partial charge in [-0.3, -0.25) is 4.79 Å². The summed E-state index contributed by atoms with van der Waals surface area (Å²) < 4.78 is 1.87. The summed E-state index contributed by atoms with van der Waals surface area (Å²) in [5.74, 6) is 0.518. The number of carbonyl (C=O) groups is 2. The summed E-state index contributed by atoms with van der Waals surface area (Å²) >= 11 is 1.46. The molecule has 7 nitrogen and oxygen atoms in total. The molecule has 8 heteroatoms. The fourth-order valence-electron chi connectivity index (χ4n) is 2.89. The van der Waals surface area contributed by atoms with Crippen LogP contribution in [0.25, 0.3) is 0 Å². The number of thiophene rings is 1. The van der Waals surface area contributed by atoms with Crippen molar-refractivity contribution in [2.24, 2.45) is 12.8 Å². The average molecular weight is 383 g/mol. The molecule has 3 aromatic rings. The molecule has 140 valence electrons. The van der Waals surface area contributed by atoms with Crippen molar-refractivity contribution in [1.82, 2.24) is 20.2 Å². The van der Waals surface area contributed by atoms with E-state index in [-0.39, 0.29) is 12.3 Å². The lowest BCUT2D eigenvalue weighted by Crippen LogP contribution is -2.38. The molecule has 2 aromatic heterocycles. The quantitative estimate of drug-likeness (QED) is 0.584. The van der Waals surface area contributed by atoms with E-state index in [9.17, 15) is 9.59 Å². The summed E-state index contributed by atoms with van der Waals surface area (Å²) in [4.78, 5) is 29.4. The molecule has 3 rings (SSSR count). The first-order chi connectivity index (χ1) is 13.0. The predicted octanol–water partition coefficient (Wildman–Crippen LogP) is 2.49. The van der Waals surface area contributed by atoms with Crippen LogP contribution in [0.2, 0.25) is 0 Å². The first kappa shape index (κ1) is 18.7. The van der Waals surface area contributed by atoms with Gasteiger partial charge in [0.25, 0.3) is 0 Å². The first-order valence-corrected chi connectivity index (χ1v) is 9.33. The third-order valence-corrected chi connectivity index (χ3v) is 5.13. The van der Waals surface area contributed by atoms with E-state index >= 15 is 0 Å². The predicted molar refractivity (Wildman–Crippen MR) is 104 cm³/mol. The third-order valence-electron chi connectivity index (χ3n) is 4.15. The molecular weight excluding hydrogens is 362 g/mol. The zero-order valence-corrected chi connectivity index (χ0v) is 15.6. The Bertz CT molecular complexity index is 892. The van der Waals surface area contributed by atoms with Crippen LogP contribution in [0.5, 0.6) is 0 Å². The molecule has 1 aromatic carbocycles. The molecule has 0 fully saturated rings. The first-order valence-electron chi connectivity index (χ1n) is 8.45. The van der Waals surface area contributed by atoms with Gasteiger partial charge in [-0.15, -0.1) is 11.3 Å². The van der Waals surface area contributed by atoms with Gasteiger partial charge in [0.05, 0.1) is 12.5 Å². The zero-order chi connectivity index (χ0) is 19.2. The van der Waals surface area contributed by atoms with E-state index in [1.807, 2.05) is 65.7 Å². The van der Waals surface area contributed by atoms with Gasteiger partial charge in [-0.05, 0) is 17.0 Å². The number of hydrogen-bond acceptors (Lipinski definition) is 4. The second kappa shape index (κ2) is 8.50. The number of nitrogens with two attached hydrogens (primary N) is 1. The minimum atomic E-state index is -0.662. The van der Waals surface area contributed by atoms with Crippen LogP contribution in [0.4, 0.5) is 4.79 Å². The van der Waals surface area contributed by atoms with E-state index in [1.165, 1.54) is 11.3 Å². The van der Waals surface area contributed by atoms with Crippen molar-refractivity contribution in [3.8, 4) is 0 Å². The summed E-state index contributed by atoms with van der Waals surface area (Å²) in [5.41, 5.74) is 6.20. The van der Waals surface area contributed by atoms with Gasteiger partial charge in [0.2, 0.25) is 5.91 Å². The lowest BCUT2D eigenvalue weighted by molar-refractivity contribution is -0.122. The van der Waals surface area contributed by atoms with Crippen LogP contribution in [0.15, 0.2) is 60.2 Å². The molecule has 0 aliphatic rings. The SMILES string of the molecule is Cn1ccnc1C(NC(=O)CC(NC(N)=O)c1cccs1)c1ccccc1. The number of nitrogens with zero attached hydrogens (tertiary/aromatic N) is 2. The molecule has 27 heavy (non-hydrogen) atoms. The van der Waals surface area contributed by atoms with Gasteiger partial charge >= 0.3 is 6.03 Å². The molecule has 2 unspecified atom stereocenters. The highest BCUT2D eigenvalue weighted by molar-refractivity contribution is 7.10. The highest BCUT2D eigenvalue weighted by Crippen LogP contribution is 2.24. The monoisotopic (exact) mass is 383 g/mol. The molecule has 0 aliphatic heterocycles. The minimum Gasteiger partial charge on any atom is -0.352 e. The highest BCUT2D eigenvalue weighted by atomic mass is 32.1. The smallest absolute Gasteiger partial charge is 0.312 e. The molecule has 4 N–H and O–H groups in total. The van der Waals surface area contributed by atoms with Crippen LogP contribution in [-0.2, 0) is 11.8 Å². The summed E-state index contributed by atoms with van der Waals surface area (Å²) in [6.07, 6.45) is 3.61. The zero-order valence-electron chi connectivity index (χ0n) is 14.8. The van der Waals surface area contributed by atoms with Gasteiger partial charge < -0.3 is 20.9 Å². The van der Waals surface area contributed by atoms with Crippen LogP contribution in [0.1, 0.15) is 34.8 Å². The van der Waals surface area contributed by atoms with E-state index in [0.29, 0.717) is 0 Å². The standard InChI is InChI=1S/C19H21N5O2S/c1-24-10-9-21-18(24)17(13-6-3-2-4-7-13)23-16(25)12-14(22-19(20)26)15-8-5-11-27-15/h2-11,14,17H,12H2,1H3,(H,23,25)(H3,20,22,26). The number of imidazole rings is 1. The molecular formula is C19H21N5O2S. The van der Waals surface area contributed by atoms with Crippen molar-refractivity contribution in [1.29, 1.82) is 0 Å². The van der Waals surface area contributed by atoms with Gasteiger partial charge in [0, 0.05) is 24.3 Å². The highest BCUT2D eigenvalue weighted by Gasteiger charge is 2.24. The van der Waals surface area contributed by atoms with Crippen LogP contribution >= 0.6 is 11.3 Å². The fraction of sp³-hybridized carbons (Fsp3) is 0.211. The molecule has 0 radical (unpaired) electrons. The van der Waals surface area contributed by atoms with Gasteiger partial charge in [-0.25, -0.2) is 9.78 Å². The number of aryl methyl sites for hydroxylation is 1. The molecule has 2 heterocycles. The van der Waals surface area contributed by atoms with Crippen LogP contribution in [0, 0.1) is 0 Å². The topological polar surface area (TPSA) is 102 Å². The van der Waals surface area contributed by atoms with Crippen molar-refractivity contribution >= 4 is 23.3 Å². The van der Waals surface area contributed by atoms with Crippen LogP contribution in [-0.4, -0.2) is 21.5 Å². The van der Waals surface area contributed by atoms with Crippen molar-refractivity contribution < 1.29 is 9.59 Å². The number of hydrogen-bond donors (Lipinski definition) is 3. The summed E-state index contributed by atoms with van der Waals surface area (Å²) in [5, 5.41) is 7.56. The summed E-state index contributed by atoms with van der Waals surface area (Å²) in [6, 6.07) is 11.9. The Morgan fingerprint density at radius 1 is 1.19 bits per heavy atom. The van der Waals surface area contributed by atoms with E-state index in [2.05, 4.69) is 15.6 Å². The van der Waals surface area contributed by atoms with E-state index < -0.39 is 18.1 Å². The van der Waals surface area contributed by atoms with Gasteiger partial charge in [-0.2, -0.15) is 0 Å². The van der Waals surface area contributed by atoms with Crippen LogP contribution in [0.3, 0.4) is 0 Å². The Morgan fingerprint density at radius 3 is 2.56 bits per heavy atom. The van der Waals surface area contributed by atoms with E-state index in [1.54, 1.807) is 6.20 Å². The lowest BCUT2D eigenvalue weighted by Gasteiger charge is -2.21. The summed E-state index contributed by atoms with van der Waals surface area (Å²) in [6.45, 7) is 0. The Labute approximate surface area is 161 Å². The van der Waals surface area contributed by atoms with Gasteiger partial charge in [0.15, 0.2) is 0 Å². The van der Waals surface area contributed by atoms with Crippen molar-refractivity contribution in [3.63, 3.8) is 0 Å². The second-order valence-electron chi connectivity index (χ2n) is 6.09. The number of benzene rings is 1. The molecule has 0 saturated carbocycles. The Hall–Kier alpha value is -3.13. The molecule has 0 aliphatic carbocycles. The molecule has 0 spiro atoms. The number of amides is 3. The lowest BCUT2D eigenvalue weighted by atomic mass is 10.1. The maximum absolute atomic E-state index is 12.8. The van der Waals surface area contributed by atoms with Gasteiger partial charge in [0.1, 0.15) is 11.9 Å². The molecule has 2 atom stereocenters. The molecule has 0 saturated heterocycles. The Morgan fingerprint density at radius 2 is 1.96 bits per heavy atom. The Balaban J connectivity index is 1.80. The van der Waals surface area contributed by atoms with E-state index in [0.717, 1.165) is 16.3 Å². The Kier molecular flexibility index (Phi) is 5.87. The number of primary amides is 1. The fourth-order valence-corrected chi connectivity index (χ4v) is 3.67.